The first-order chi connectivity index (χ1) is 15.6. The summed E-state index contributed by atoms with van der Waals surface area (Å²) in [5, 5.41) is 10.2. The molecule has 1 aliphatic rings. The second-order valence-electron chi connectivity index (χ2n) is 7.87. The van der Waals surface area contributed by atoms with Gasteiger partial charge in [-0.25, -0.2) is 0 Å². The van der Waals surface area contributed by atoms with E-state index in [9.17, 15) is 9.90 Å². The van der Waals surface area contributed by atoms with Crippen LogP contribution < -0.4 is 4.74 Å². The van der Waals surface area contributed by atoms with Crippen molar-refractivity contribution in [2.45, 2.75) is 32.4 Å². The first kappa shape index (κ1) is 20.1. The Balaban J connectivity index is 1.60. The number of H-pyrrole nitrogens is 1. The fourth-order valence-electron chi connectivity index (χ4n) is 4.26. The standard InChI is InChI=1S/C24H23N5O3/c1-15(31)29-8-2-3-23(29)19-11-20-16(9-21(28-20)22-13-25-6-7-26-22)10-24(19)32-18-5-4-17(14-30)27-12-18/h4-7,9-13,23,28,30H,2-3,8,14H2,1H3/t23-/m1/s1. The zero-order chi connectivity index (χ0) is 22.1. The van der Waals surface area contributed by atoms with Crippen molar-refractivity contribution >= 4 is 16.8 Å². The Bertz CT molecular complexity index is 1250. The summed E-state index contributed by atoms with van der Waals surface area (Å²) in [4.78, 5) is 30.3. The summed E-state index contributed by atoms with van der Waals surface area (Å²) in [5.74, 6) is 1.30. The first-order valence-corrected chi connectivity index (χ1v) is 10.6. The number of aliphatic hydroxyl groups is 1. The third-order valence-corrected chi connectivity index (χ3v) is 5.79. The topological polar surface area (TPSA) is 104 Å². The number of pyridine rings is 1. The molecule has 8 heteroatoms. The van der Waals surface area contributed by atoms with E-state index in [0.717, 1.165) is 47.2 Å². The molecule has 32 heavy (non-hydrogen) atoms. The lowest BCUT2D eigenvalue weighted by Gasteiger charge is -2.25. The predicted octanol–water partition coefficient (Wildman–Crippen LogP) is 3.99. The molecule has 1 aromatic carbocycles. The number of hydrogen-bond acceptors (Lipinski definition) is 6. The Morgan fingerprint density at radius 2 is 2.12 bits per heavy atom. The molecule has 162 valence electrons. The molecule has 8 nitrogen and oxygen atoms in total. The van der Waals surface area contributed by atoms with Crippen LogP contribution in [0.3, 0.4) is 0 Å². The summed E-state index contributed by atoms with van der Waals surface area (Å²) in [5.41, 5.74) is 4.08. The SMILES string of the molecule is CC(=O)N1CCC[C@@H]1c1cc2[nH]c(-c3cnccn3)cc2cc1Oc1ccc(CO)nc1. The van der Waals surface area contributed by atoms with Crippen molar-refractivity contribution in [2.24, 2.45) is 0 Å². The number of likely N-dealkylation sites (tertiary alicyclic amines) is 1. The molecule has 0 radical (unpaired) electrons. The van der Waals surface area contributed by atoms with Crippen LogP contribution in [0.1, 0.15) is 37.1 Å². The molecule has 1 atom stereocenters. The van der Waals surface area contributed by atoms with E-state index in [0.29, 0.717) is 17.2 Å². The number of aromatic amines is 1. The van der Waals surface area contributed by atoms with Gasteiger partial charge in [0.1, 0.15) is 17.2 Å². The summed E-state index contributed by atoms with van der Waals surface area (Å²) in [6.45, 7) is 2.22. The molecule has 4 aromatic rings. The highest BCUT2D eigenvalue weighted by Gasteiger charge is 2.31. The molecular formula is C24H23N5O3. The molecule has 5 rings (SSSR count). The second kappa shape index (κ2) is 8.39. The lowest BCUT2D eigenvalue weighted by molar-refractivity contribution is -0.129. The molecular weight excluding hydrogens is 406 g/mol. The van der Waals surface area contributed by atoms with E-state index in [-0.39, 0.29) is 18.6 Å². The number of aromatic nitrogens is 4. The van der Waals surface area contributed by atoms with Gasteiger partial charge in [0.25, 0.3) is 0 Å². The van der Waals surface area contributed by atoms with E-state index in [2.05, 4.69) is 26.0 Å². The van der Waals surface area contributed by atoms with Crippen molar-refractivity contribution < 1.29 is 14.6 Å². The smallest absolute Gasteiger partial charge is 0.219 e. The van der Waals surface area contributed by atoms with E-state index < -0.39 is 0 Å². The van der Waals surface area contributed by atoms with Gasteiger partial charge >= 0.3 is 0 Å². The molecule has 0 aliphatic carbocycles. The molecule has 4 heterocycles. The highest BCUT2D eigenvalue weighted by molar-refractivity contribution is 5.88. The number of amides is 1. The number of hydrogen-bond donors (Lipinski definition) is 2. The number of nitrogens with zero attached hydrogens (tertiary/aromatic N) is 4. The van der Waals surface area contributed by atoms with Crippen molar-refractivity contribution in [2.75, 3.05) is 6.54 Å². The zero-order valence-electron chi connectivity index (χ0n) is 17.7. The molecule has 0 unspecified atom stereocenters. The van der Waals surface area contributed by atoms with Crippen LogP contribution in [-0.4, -0.2) is 42.4 Å². The van der Waals surface area contributed by atoms with Gasteiger partial charge in [0.05, 0.1) is 36.4 Å². The zero-order valence-corrected chi connectivity index (χ0v) is 17.7. The van der Waals surface area contributed by atoms with Gasteiger partial charge in [0.2, 0.25) is 5.91 Å². The van der Waals surface area contributed by atoms with Crippen LogP contribution in [0.4, 0.5) is 0 Å². The van der Waals surface area contributed by atoms with E-state index in [4.69, 9.17) is 4.74 Å². The van der Waals surface area contributed by atoms with E-state index in [1.807, 2.05) is 17.0 Å². The molecule has 2 N–H and O–H groups in total. The maximum Gasteiger partial charge on any atom is 0.219 e. The largest absolute Gasteiger partial charge is 0.455 e. The van der Waals surface area contributed by atoms with Crippen LogP contribution in [0.25, 0.3) is 22.3 Å². The van der Waals surface area contributed by atoms with Crippen LogP contribution in [0, 0.1) is 0 Å². The fourth-order valence-corrected chi connectivity index (χ4v) is 4.26. The van der Waals surface area contributed by atoms with Crippen molar-refractivity contribution in [3.8, 4) is 22.9 Å². The van der Waals surface area contributed by atoms with Gasteiger partial charge in [-0.3, -0.25) is 19.7 Å². The minimum Gasteiger partial charge on any atom is -0.455 e. The first-order valence-electron chi connectivity index (χ1n) is 10.6. The number of benzene rings is 1. The summed E-state index contributed by atoms with van der Waals surface area (Å²) < 4.78 is 6.25. The van der Waals surface area contributed by atoms with Gasteiger partial charge in [-0.2, -0.15) is 0 Å². The van der Waals surface area contributed by atoms with Crippen molar-refractivity contribution in [1.82, 2.24) is 24.8 Å². The van der Waals surface area contributed by atoms with E-state index in [1.165, 1.54) is 0 Å². The molecule has 0 spiro atoms. The van der Waals surface area contributed by atoms with Gasteiger partial charge in [-0.1, -0.05) is 0 Å². The Kier molecular flexibility index (Phi) is 5.28. The normalized spacial score (nSPS) is 15.9. The number of fused-ring (bicyclic) bond motifs is 1. The number of nitrogens with one attached hydrogen (secondary N) is 1. The predicted molar refractivity (Wildman–Crippen MR) is 119 cm³/mol. The molecule has 3 aromatic heterocycles. The quantitative estimate of drug-likeness (QED) is 0.497. The Hall–Kier alpha value is -3.78. The van der Waals surface area contributed by atoms with Crippen molar-refractivity contribution in [1.29, 1.82) is 0 Å². The van der Waals surface area contributed by atoms with Crippen LogP contribution in [-0.2, 0) is 11.4 Å². The Morgan fingerprint density at radius 3 is 2.84 bits per heavy atom. The average molecular weight is 429 g/mol. The minimum absolute atomic E-state index is 0.0549. The number of ether oxygens (including phenoxy) is 1. The Morgan fingerprint density at radius 1 is 1.22 bits per heavy atom. The van der Waals surface area contributed by atoms with Crippen LogP contribution in [0.15, 0.2) is 55.1 Å². The maximum atomic E-state index is 12.3. The molecule has 1 fully saturated rings. The summed E-state index contributed by atoms with van der Waals surface area (Å²) in [6, 6.07) is 9.52. The summed E-state index contributed by atoms with van der Waals surface area (Å²) >= 11 is 0. The van der Waals surface area contributed by atoms with E-state index in [1.54, 1.807) is 43.8 Å². The maximum absolute atomic E-state index is 12.3. The third-order valence-electron chi connectivity index (χ3n) is 5.79. The van der Waals surface area contributed by atoms with Gasteiger partial charge in [0.15, 0.2) is 0 Å². The van der Waals surface area contributed by atoms with E-state index >= 15 is 0 Å². The third kappa shape index (κ3) is 3.80. The lowest BCUT2D eigenvalue weighted by Crippen LogP contribution is -2.28. The number of carbonyl (C=O) groups is 1. The van der Waals surface area contributed by atoms with Crippen molar-refractivity contribution in [3.05, 3.63) is 66.4 Å². The summed E-state index contributed by atoms with van der Waals surface area (Å²) in [6.07, 6.45) is 8.44. The number of aliphatic hydroxyl groups excluding tert-OH is 1. The molecule has 1 amide bonds. The van der Waals surface area contributed by atoms with Gasteiger partial charge in [-0.15, -0.1) is 0 Å². The summed E-state index contributed by atoms with van der Waals surface area (Å²) in [7, 11) is 0. The van der Waals surface area contributed by atoms with Crippen LogP contribution in [0.2, 0.25) is 0 Å². The molecule has 0 saturated carbocycles. The molecule has 1 aliphatic heterocycles. The minimum atomic E-state index is -0.123. The van der Waals surface area contributed by atoms with Gasteiger partial charge in [-0.05, 0) is 43.2 Å². The molecule has 1 saturated heterocycles. The lowest BCUT2D eigenvalue weighted by atomic mass is 10.0. The Labute approximate surface area is 184 Å². The fraction of sp³-hybridized carbons (Fsp3) is 0.250. The molecule has 0 bridgehead atoms. The van der Waals surface area contributed by atoms with Crippen molar-refractivity contribution in [3.63, 3.8) is 0 Å². The van der Waals surface area contributed by atoms with Gasteiger partial charge < -0.3 is 19.7 Å². The highest BCUT2D eigenvalue weighted by Crippen LogP contribution is 2.41. The number of carbonyl (C=O) groups excluding carboxylic acids is 1. The van der Waals surface area contributed by atoms with Crippen LogP contribution in [0.5, 0.6) is 11.5 Å². The monoisotopic (exact) mass is 429 g/mol. The second-order valence-corrected chi connectivity index (χ2v) is 7.87. The average Bonchev–Trinajstić information content (AvgIpc) is 3.47. The van der Waals surface area contributed by atoms with Gasteiger partial charge in [0, 0.05) is 42.3 Å². The van der Waals surface area contributed by atoms with Crippen LogP contribution >= 0.6 is 0 Å². The number of rotatable bonds is 5. The highest BCUT2D eigenvalue weighted by atomic mass is 16.5.